The van der Waals surface area contributed by atoms with Gasteiger partial charge in [-0.15, -0.1) is 0 Å². The lowest BCUT2D eigenvalue weighted by molar-refractivity contribution is -0.140. The van der Waals surface area contributed by atoms with Gasteiger partial charge in [0.15, 0.2) is 0 Å². The molecule has 1 unspecified atom stereocenters. The highest BCUT2D eigenvalue weighted by atomic mass is 19.1. The number of nitrogens with zero attached hydrogens (tertiary/aromatic N) is 2. The molecule has 7 heteroatoms. The van der Waals surface area contributed by atoms with E-state index in [1.165, 1.54) is 11.0 Å². The Balaban J connectivity index is 1.83. The van der Waals surface area contributed by atoms with Crippen LogP contribution in [-0.2, 0) is 9.59 Å². The number of likely N-dealkylation sites (tertiary alicyclic amines) is 1. The second kappa shape index (κ2) is 10.3. The summed E-state index contributed by atoms with van der Waals surface area (Å²) in [4.78, 5) is 29.8. The van der Waals surface area contributed by atoms with Gasteiger partial charge in [-0.05, 0) is 48.1 Å². The second-order valence-electron chi connectivity index (χ2n) is 8.47. The number of benzene rings is 3. The van der Waals surface area contributed by atoms with E-state index in [-0.39, 0.29) is 23.4 Å². The lowest BCUT2D eigenvalue weighted by Gasteiger charge is -2.28. The molecular formula is C28H29FN2O4. The maximum absolute atomic E-state index is 14.9. The fraction of sp³-hybridized carbons (Fsp3) is 0.286. The number of rotatable bonds is 8. The first-order chi connectivity index (χ1) is 16.9. The monoisotopic (exact) mass is 476 g/mol. The summed E-state index contributed by atoms with van der Waals surface area (Å²) in [5, 5.41) is 13.0. The lowest BCUT2D eigenvalue weighted by Crippen LogP contribution is -2.38. The molecule has 1 atom stereocenters. The third kappa shape index (κ3) is 4.64. The van der Waals surface area contributed by atoms with Crippen LogP contribution in [0.1, 0.15) is 31.0 Å². The summed E-state index contributed by atoms with van der Waals surface area (Å²) >= 11 is 0. The van der Waals surface area contributed by atoms with Gasteiger partial charge in [0.2, 0.25) is 0 Å². The van der Waals surface area contributed by atoms with Crippen LogP contribution in [0.25, 0.3) is 16.5 Å². The van der Waals surface area contributed by atoms with E-state index in [2.05, 4.69) is 4.90 Å². The molecular weight excluding hydrogens is 447 g/mol. The number of aliphatic hydroxyl groups excluding tert-OH is 1. The minimum Gasteiger partial charge on any atom is -0.507 e. The molecule has 1 N–H and O–H groups in total. The predicted octanol–water partition coefficient (Wildman–Crippen LogP) is 4.75. The molecule has 1 amide bonds. The van der Waals surface area contributed by atoms with E-state index < -0.39 is 23.5 Å². The van der Waals surface area contributed by atoms with Crippen LogP contribution < -0.4 is 4.74 Å². The molecule has 1 aliphatic heterocycles. The van der Waals surface area contributed by atoms with E-state index in [0.717, 1.165) is 23.9 Å². The number of carbonyl (C=O) groups is 2. The number of Topliss-reactive ketones (excluding diaryl/α,β-unsaturated/α-hetero) is 1. The average Bonchev–Trinajstić information content (AvgIpc) is 3.13. The Labute approximate surface area is 204 Å². The Kier molecular flexibility index (Phi) is 7.17. The number of hydrogen-bond acceptors (Lipinski definition) is 5. The first kappa shape index (κ1) is 24.4. The van der Waals surface area contributed by atoms with E-state index in [9.17, 15) is 19.1 Å². The van der Waals surface area contributed by atoms with Crippen molar-refractivity contribution in [1.82, 2.24) is 9.80 Å². The van der Waals surface area contributed by atoms with Gasteiger partial charge < -0.3 is 19.6 Å². The number of amides is 1. The number of hydrogen-bond donors (Lipinski definition) is 1. The summed E-state index contributed by atoms with van der Waals surface area (Å²) in [6, 6.07) is 15.8. The Morgan fingerprint density at radius 3 is 2.40 bits per heavy atom. The maximum atomic E-state index is 14.9. The molecule has 3 aromatic rings. The van der Waals surface area contributed by atoms with E-state index >= 15 is 0 Å². The van der Waals surface area contributed by atoms with Gasteiger partial charge in [0, 0.05) is 24.2 Å². The Hall–Kier alpha value is -3.71. The van der Waals surface area contributed by atoms with Gasteiger partial charge in [-0.25, -0.2) is 4.39 Å². The molecule has 35 heavy (non-hydrogen) atoms. The van der Waals surface area contributed by atoms with Crippen LogP contribution in [0.15, 0.2) is 66.2 Å². The smallest absolute Gasteiger partial charge is 0.295 e. The van der Waals surface area contributed by atoms with Gasteiger partial charge >= 0.3 is 0 Å². The van der Waals surface area contributed by atoms with Crippen molar-refractivity contribution in [2.24, 2.45) is 0 Å². The number of halogens is 1. The van der Waals surface area contributed by atoms with Crippen molar-refractivity contribution in [3.05, 3.63) is 83.2 Å². The summed E-state index contributed by atoms with van der Waals surface area (Å²) in [5.74, 6) is -1.71. The standard InChI is InChI=1S/C28H29FN2O4/c1-4-30(5-2)14-15-31-25(22-8-6-7-9-23(22)29)24(27(33)28(31)34)26(32)20-11-10-19-17-21(35-3)13-12-18(19)16-20/h6-13,16-17,25,32H,4-5,14-15H2,1-3H3/b26-24+. The van der Waals surface area contributed by atoms with Crippen LogP contribution in [0, 0.1) is 5.82 Å². The van der Waals surface area contributed by atoms with Crippen LogP contribution in [0.5, 0.6) is 5.75 Å². The summed E-state index contributed by atoms with van der Waals surface area (Å²) in [7, 11) is 1.59. The summed E-state index contributed by atoms with van der Waals surface area (Å²) < 4.78 is 20.2. The van der Waals surface area contributed by atoms with Crippen LogP contribution >= 0.6 is 0 Å². The van der Waals surface area contributed by atoms with Crippen molar-refractivity contribution in [2.45, 2.75) is 19.9 Å². The summed E-state index contributed by atoms with van der Waals surface area (Å²) in [6.07, 6.45) is 0. The molecule has 1 heterocycles. The normalized spacial score (nSPS) is 17.5. The molecule has 0 radical (unpaired) electrons. The largest absolute Gasteiger partial charge is 0.507 e. The average molecular weight is 477 g/mol. The van der Waals surface area contributed by atoms with Crippen LogP contribution in [0.3, 0.4) is 0 Å². The van der Waals surface area contributed by atoms with Crippen molar-refractivity contribution >= 4 is 28.2 Å². The summed E-state index contributed by atoms with van der Waals surface area (Å²) in [5.41, 5.74) is 0.455. The minimum absolute atomic E-state index is 0.104. The molecule has 0 aliphatic carbocycles. The Bertz CT molecular complexity index is 1300. The van der Waals surface area contributed by atoms with E-state index in [4.69, 9.17) is 4.74 Å². The number of fused-ring (bicyclic) bond motifs is 1. The fourth-order valence-corrected chi connectivity index (χ4v) is 4.57. The van der Waals surface area contributed by atoms with Crippen molar-refractivity contribution in [1.29, 1.82) is 0 Å². The minimum atomic E-state index is -1.02. The van der Waals surface area contributed by atoms with Gasteiger partial charge in [-0.1, -0.05) is 50.2 Å². The number of likely N-dealkylation sites (N-methyl/N-ethyl adjacent to an activating group) is 1. The molecule has 0 aromatic heterocycles. The number of ketones is 1. The number of methoxy groups -OCH3 is 1. The highest BCUT2D eigenvalue weighted by molar-refractivity contribution is 6.46. The zero-order valence-corrected chi connectivity index (χ0v) is 20.1. The van der Waals surface area contributed by atoms with Crippen molar-refractivity contribution in [2.75, 3.05) is 33.3 Å². The lowest BCUT2D eigenvalue weighted by atomic mass is 9.94. The molecule has 182 valence electrons. The summed E-state index contributed by atoms with van der Waals surface area (Å²) in [6.45, 7) is 6.37. The van der Waals surface area contributed by atoms with Crippen molar-refractivity contribution in [3.8, 4) is 5.75 Å². The number of ether oxygens (including phenoxy) is 1. The highest BCUT2D eigenvalue weighted by Crippen LogP contribution is 2.40. The van der Waals surface area contributed by atoms with Crippen molar-refractivity contribution in [3.63, 3.8) is 0 Å². The first-order valence-corrected chi connectivity index (χ1v) is 11.7. The van der Waals surface area contributed by atoms with E-state index in [1.54, 1.807) is 43.5 Å². The molecule has 0 saturated carbocycles. The molecule has 4 rings (SSSR count). The maximum Gasteiger partial charge on any atom is 0.295 e. The van der Waals surface area contributed by atoms with E-state index in [0.29, 0.717) is 17.9 Å². The van der Waals surface area contributed by atoms with Gasteiger partial charge in [-0.2, -0.15) is 0 Å². The third-order valence-electron chi connectivity index (χ3n) is 6.61. The third-order valence-corrected chi connectivity index (χ3v) is 6.61. The Morgan fingerprint density at radius 2 is 1.71 bits per heavy atom. The second-order valence-corrected chi connectivity index (χ2v) is 8.47. The number of aliphatic hydroxyl groups is 1. The molecule has 1 fully saturated rings. The van der Waals surface area contributed by atoms with Gasteiger partial charge in [0.1, 0.15) is 17.3 Å². The van der Waals surface area contributed by atoms with E-state index in [1.807, 2.05) is 32.0 Å². The predicted molar refractivity (Wildman–Crippen MR) is 134 cm³/mol. The molecule has 6 nitrogen and oxygen atoms in total. The molecule has 0 bridgehead atoms. The highest BCUT2D eigenvalue weighted by Gasteiger charge is 2.46. The fourth-order valence-electron chi connectivity index (χ4n) is 4.57. The van der Waals surface area contributed by atoms with Gasteiger partial charge in [-0.3, -0.25) is 9.59 Å². The topological polar surface area (TPSA) is 70.1 Å². The molecule has 1 aliphatic rings. The first-order valence-electron chi connectivity index (χ1n) is 11.7. The van der Waals surface area contributed by atoms with Crippen LogP contribution in [0.2, 0.25) is 0 Å². The molecule has 3 aromatic carbocycles. The van der Waals surface area contributed by atoms with Crippen molar-refractivity contribution < 1.29 is 23.8 Å². The zero-order chi connectivity index (χ0) is 25.1. The Morgan fingerprint density at radius 1 is 1.03 bits per heavy atom. The molecule has 0 spiro atoms. The van der Waals surface area contributed by atoms with Crippen LogP contribution in [0.4, 0.5) is 4.39 Å². The SMILES string of the molecule is CCN(CC)CCN1C(=O)C(=O)/C(=C(/O)c2ccc3cc(OC)ccc3c2)C1c1ccccc1F. The van der Waals surface area contributed by atoms with Gasteiger partial charge in [0.25, 0.3) is 11.7 Å². The number of carbonyl (C=O) groups excluding carboxylic acids is 2. The zero-order valence-electron chi connectivity index (χ0n) is 20.1. The quantitative estimate of drug-likeness (QED) is 0.289. The van der Waals surface area contributed by atoms with Crippen LogP contribution in [-0.4, -0.2) is 59.9 Å². The molecule has 1 saturated heterocycles. The van der Waals surface area contributed by atoms with Gasteiger partial charge in [0.05, 0.1) is 18.7 Å².